The average Bonchev–Trinajstić information content (AvgIpc) is 2.88. The van der Waals surface area contributed by atoms with Crippen molar-refractivity contribution < 1.29 is 19.4 Å². The Morgan fingerprint density at radius 3 is 2.84 bits per heavy atom. The van der Waals surface area contributed by atoms with Crippen LogP contribution in [0.5, 0.6) is 0 Å². The summed E-state index contributed by atoms with van der Waals surface area (Å²) in [5.74, 6) is 0.233. The summed E-state index contributed by atoms with van der Waals surface area (Å²) < 4.78 is 12.9. The molecular formula is C21H27FO3. The molecule has 2 unspecified atom stereocenters. The molecule has 2 saturated carbocycles. The number of aliphatic hydroxyl groups excluding tert-OH is 2. The van der Waals surface area contributed by atoms with Crippen LogP contribution in [0.3, 0.4) is 0 Å². The highest BCUT2D eigenvalue weighted by Crippen LogP contribution is 2.62. The highest BCUT2D eigenvalue weighted by molar-refractivity contribution is 5.98. The molecule has 2 fully saturated rings. The summed E-state index contributed by atoms with van der Waals surface area (Å²) in [6, 6.07) is 0. The maximum Gasteiger partial charge on any atom is 0.192 e. The Bertz CT molecular complexity index is 706. The van der Waals surface area contributed by atoms with Crippen molar-refractivity contribution in [3.8, 4) is 0 Å². The van der Waals surface area contributed by atoms with Crippen LogP contribution < -0.4 is 0 Å². The van der Waals surface area contributed by atoms with Crippen molar-refractivity contribution >= 4 is 5.78 Å². The van der Waals surface area contributed by atoms with E-state index in [1.807, 2.05) is 6.08 Å². The third-order valence-corrected chi connectivity index (χ3v) is 7.35. The van der Waals surface area contributed by atoms with E-state index < -0.39 is 24.0 Å². The minimum Gasteiger partial charge on any atom is -0.393 e. The zero-order valence-corrected chi connectivity index (χ0v) is 15.0. The third-order valence-electron chi connectivity index (χ3n) is 7.35. The second kappa shape index (κ2) is 5.62. The van der Waals surface area contributed by atoms with E-state index in [4.69, 9.17) is 0 Å². The number of hydrogen-bond acceptors (Lipinski definition) is 3. The maximum atomic E-state index is 12.9. The first-order valence-corrected chi connectivity index (χ1v) is 9.38. The van der Waals surface area contributed by atoms with E-state index in [0.29, 0.717) is 11.8 Å². The highest BCUT2D eigenvalue weighted by atomic mass is 19.1. The number of hydrogen-bond donors (Lipinski definition) is 2. The quantitative estimate of drug-likeness (QED) is 0.755. The zero-order valence-electron chi connectivity index (χ0n) is 15.0. The normalized spacial score (nSPS) is 45.6. The molecule has 0 heterocycles. The summed E-state index contributed by atoms with van der Waals surface area (Å²) in [4.78, 5) is 11.9. The Morgan fingerprint density at radius 2 is 2.12 bits per heavy atom. The number of carbonyl (C=O) groups is 1. The van der Waals surface area contributed by atoms with Gasteiger partial charge < -0.3 is 10.2 Å². The Morgan fingerprint density at radius 1 is 1.36 bits per heavy atom. The van der Waals surface area contributed by atoms with Gasteiger partial charge in [-0.3, -0.25) is 4.79 Å². The van der Waals surface area contributed by atoms with Crippen molar-refractivity contribution in [2.75, 3.05) is 6.67 Å². The zero-order chi connectivity index (χ0) is 18.0. The number of Topliss-reactive ketones (excluding diaryl/α,β-unsaturated/α-hetero) is 1. The largest absolute Gasteiger partial charge is 0.393 e. The lowest BCUT2D eigenvalue weighted by Crippen LogP contribution is -2.43. The predicted octanol–water partition coefficient (Wildman–Crippen LogP) is 3.28. The lowest BCUT2D eigenvalue weighted by molar-refractivity contribution is -0.117. The number of aliphatic hydroxyl groups is 2. The van der Waals surface area contributed by atoms with Gasteiger partial charge in [0.05, 0.1) is 6.10 Å². The van der Waals surface area contributed by atoms with E-state index in [1.165, 1.54) is 5.57 Å². The molecule has 0 saturated heterocycles. The second-order valence-corrected chi connectivity index (χ2v) is 8.86. The first-order chi connectivity index (χ1) is 11.8. The lowest BCUT2D eigenvalue weighted by atomic mass is 9.53. The van der Waals surface area contributed by atoms with Crippen molar-refractivity contribution in [3.63, 3.8) is 0 Å². The van der Waals surface area contributed by atoms with E-state index in [-0.39, 0.29) is 17.1 Å². The van der Waals surface area contributed by atoms with Gasteiger partial charge in [-0.1, -0.05) is 36.3 Å². The van der Waals surface area contributed by atoms with Gasteiger partial charge in [0.25, 0.3) is 0 Å². The molecule has 0 aromatic rings. The molecule has 0 radical (unpaired) electrons. The topological polar surface area (TPSA) is 57.5 Å². The van der Waals surface area contributed by atoms with E-state index in [1.54, 1.807) is 6.08 Å². The lowest BCUT2D eigenvalue weighted by Gasteiger charge is -2.52. The van der Waals surface area contributed by atoms with Crippen molar-refractivity contribution in [3.05, 3.63) is 34.9 Å². The number of fused-ring (bicyclic) bond motifs is 5. The summed E-state index contributed by atoms with van der Waals surface area (Å²) in [5, 5.41) is 20.5. The highest BCUT2D eigenvalue weighted by Gasteiger charge is 2.54. The van der Waals surface area contributed by atoms with Crippen molar-refractivity contribution in [2.45, 2.75) is 58.2 Å². The van der Waals surface area contributed by atoms with Crippen molar-refractivity contribution in [2.24, 2.45) is 22.7 Å². The molecule has 0 amide bonds. The van der Waals surface area contributed by atoms with Gasteiger partial charge in [-0.2, -0.15) is 0 Å². The molecule has 4 aliphatic rings. The van der Waals surface area contributed by atoms with Gasteiger partial charge in [0.2, 0.25) is 0 Å². The molecule has 136 valence electrons. The Kier molecular flexibility index (Phi) is 3.86. The number of carbonyl (C=O) groups excluding carboxylic acids is 1. The molecule has 0 bridgehead atoms. The molecule has 25 heavy (non-hydrogen) atoms. The standard InChI is InChI=1S/C21H27FO3/c1-20-6-5-16-14(17(20)8-13(23)9-20)4-3-12-7-18(24)15(19(25)11-22)10-21(12,16)2/h5,7,10,13-14,17-18,23-24H,3-4,6,8-9,11H2,1-2H3/t13?,14-,17+,18?,20-,21+/m1/s1. The maximum absolute atomic E-state index is 12.9. The number of ketones is 1. The second-order valence-electron chi connectivity index (χ2n) is 8.86. The Hall–Kier alpha value is -1.26. The molecular weight excluding hydrogens is 319 g/mol. The van der Waals surface area contributed by atoms with Gasteiger partial charge in [-0.05, 0) is 56.3 Å². The fourth-order valence-corrected chi connectivity index (χ4v) is 6.09. The predicted molar refractivity (Wildman–Crippen MR) is 93.5 cm³/mol. The Balaban J connectivity index is 1.77. The fraction of sp³-hybridized carbons (Fsp3) is 0.667. The fourth-order valence-electron chi connectivity index (χ4n) is 6.09. The monoisotopic (exact) mass is 346 g/mol. The van der Waals surface area contributed by atoms with E-state index in [2.05, 4.69) is 19.9 Å². The molecule has 0 aromatic heterocycles. The van der Waals surface area contributed by atoms with E-state index in [0.717, 1.165) is 37.7 Å². The van der Waals surface area contributed by atoms with Crippen LogP contribution in [-0.2, 0) is 4.79 Å². The van der Waals surface area contributed by atoms with Crippen LogP contribution in [0.4, 0.5) is 4.39 Å². The molecule has 0 spiro atoms. The molecule has 4 heteroatoms. The van der Waals surface area contributed by atoms with Gasteiger partial charge in [0, 0.05) is 11.0 Å². The number of halogens is 1. The van der Waals surface area contributed by atoms with Gasteiger partial charge >= 0.3 is 0 Å². The van der Waals surface area contributed by atoms with Crippen LogP contribution in [0.2, 0.25) is 0 Å². The summed E-state index contributed by atoms with van der Waals surface area (Å²) >= 11 is 0. The first-order valence-electron chi connectivity index (χ1n) is 9.38. The molecule has 4 rings (SSSR count). The molecule has 2 N–H and O–H groups in total. The SMILES string of the molecule is C[C@]12C=C(C(=O)CF)C(O)C=C1CC[C@@H]1C2=CC[C@]2(C)CC(O)C[C@@H]12. The minimum atomic E-state index is -1.07. The molecule has 6 atom stereocenters. The third kappa shape index (κ3) is 2.41. The average molecular weight is 346 g/mol. The molecule has 0 aromatic carbocycles. The van der Waals surface area contributed by atoms with E-state index >= 15 is 0 Å². The van der Waals surface area contributed by atoms with Crippen LogP contribution in [0.1, 0.15) is 46.0 Å². The van der Waals surface area contributed by atoms with Crippen LogP contribution in [0.25, 0.3) is 0 Å². The smallest absolute Gasteiger partial charge is 0.192 e. The number of allylic oxidation sites excluding steroid dienone is 4. The van der Waals surface area contributed by atoms with Crippen LogP contribution in [0.15, 0.2) is 34.9 Å². The van der Waals surface area contributed by atoms with Gasteiger partial charge in [-0.15, -0.1) is 0 Å². The first kappa shape index (κ1) is 17.2. The summed E-state index contributed by atoms with van der Waals surface area (Å²) in [6.07, 6.45) is 9.21. The molecule has 4 aliphatic carbocycles. The summed E-state index contributed by atoms with van der Waals surface area (Å²) in [6.45, 7) is 3.31. The van der Waals surface area contributed by atoms with Crippen LogP contribution in [-0.4, -0.2) is 34.9 Å². The van der Waals surface area contributed by atoms with Crippen molar-refractivity contribution in [1.29, 1.82) is 0 Å². The number of rotatable bonds is 2. The number of alkyl halides is 1. The van der Waals surface area contributed by atoms with Crippen LogP contribution >= 0.6 is 0 Å². The molecule has 3 nitrogen and oxygen atoms in total. The van der Waals surface area contributed by atoms with Gasteiger partial charge in [0.1, 0.15) is 6.10 Å². The van der Waals surface area contributed by atoms with E-state index in [9.17, 15) is 19.4 Å². The van der Waals surface area contributed by atoms with Crippen molar-refractivity contribution in [1.82, 2.24) is 0 Å². The summed E-state index contributed by atoms with van der Waals surface area (Å²) in [5.41, 5.74) is 2.38. The molecule has 0 aliphatic heterocycles. The van der Waals surface area contributed by atoms with Gasteiger partial charge in [0.15, 0.2) is 12.5 Å². The minimum absolute atomic E-state index is 0.153. The van der Waals surface area contributed by atoms with Crippen LogP contribution in [0, 0.1) is 22.7 Å². The van der Waals surface area contributed by atoms with Gasteiger partial charge in [-0.25, -0.2) is 4.39 Å². The Labute approximate surface area is 148 Å². The summed E-state index contributed by atoms with van der Waals surface area (Å²) in [7, 11) is 0.